The molecule has 0 amide bonds. The van der Waals surface area contributed by atoms with Crippen molar-refractivity contribution in [3.05, 3.63) is 71.3 Å². The molecule has 0 aliphatic heterocycles. The van der Waals surface area contributed by atoms with E-state index in [-0.39, 0.29) is 6.54 Å². The number of carbonyl (C=O) groups is 1. The second-order valence-corrected chi connectivity index (χ2v) is 4.34. The Labute approximate surface area is 114 Å². The van der Waals surface area contributed by atoms with Gasteiger partial charge in [0.05, 0.1) is 0 Å². The van der Waals surface area contributed by atoms with E-state index in [0.717, 1.165) is 6.07 Å². The molecule has 0 bridgehead atoms. The molecule has 0 aromatic heterocycles. The molecule has 0 aliphatic carbocycles. The van der Waals surface area contributed by atoms with Gasteiger partial charge in [0.2, 0.25) is 0 Å². The summed E-state index contributed by atoms with van der Waals surface area (Å²) in [6, 6.07) is 10.8. The first-order valence-corrected chi connectivity index (χ1v) is 6.02. The predicted molar refractivity (Wildman–Crippen MR) is 70.0 cm³/mol. The first-order chi connectivity index (χ1) is 9.56. The minimum atomic E-state index is -1.05. The Kier molecular flexibility index (Phi) is 4.42. The Morgan fingerprint density at radius 2 is 1.70 bits per heavy atom. The van der Waals surface area contributed by atoms with E-state index in [9.17, 15) is 18.7 Å². The summed E-state index contributed by atoms with van der Waals surface area (Å²) in [6.45, 7) is 0.0561. The van der Waals surface area contributed by atoms with E-state index < -0.39 is 23.6 Å². The lowest BCUT2D eigenvalue weighted by molar-refractivity contribution is -0.139. The lowest BCUT2D eigenvalue weighted by Gasteiger charge is -2.15. The van der Waals surface area contributed by atoms with Crippen LogP contribution in [0.2, 0.25) is 0 Å². The molecule has 104 valence electrons. The van der Waals surface area contributed by atoms with Gasteiger partial charge in [-0.1, -0.05) is 30.3 Å². The fourth-order valence-electron chi connectivity index (χ4n) is 1.93. The number of hydrogen-bond acceptors (Lipinski definition) is 2. The van der Waals surface area contributed by atoms with Crippen LogP contribution in [0.15, 0.2) is 48.5 Å². The zero-order valence-electron chi connectivity index (χ0n) is 10.5. The van der Waals surface area contributed by atoms with Gasteiger partial charge in [0.15, 0.2) is 0 Å². The molecule has 0 saturated carbocycles. The summed E-state index contributed by atoms with van der Waals surface area (Å²) in [5.41, 5.74) is 0.932. The van der Waals surface area contributed by atoms with E-state index >= 15 is 0 Å². The molecule has 1 unspecified atom stereocenters. The normalized spacial score (nSPS) is 12.1. The number of carboxylic acid groups (broad SMARTS) is 1. The van der Waals surface area contributed by atoms with Crippen LogP contribution in [0.5, 0.6) is 0 Å². The average Bonchev–Trinajstić information content (AvgIpc) is 2.38. The molecule has 0 saturated heterocycles. The maximum absolute atomic E-state index is 13.0. The van der Waals surface area contributed by atoms with Crippen molar-refractivity contribution < 1.29 is 18.7 Å². The van der Waals surface area contributed by atoms with Crippen LogP contribution >= 0.6 is 0 Å². The van der Waals surface area contributed by atoms with Gasteiger partial charge in [-0.25, -0.2) is 8.78 Å². The third-order valence-corrected chi connectivity index (χ3v) is 2.81. The van der Waals surface area contributed by atoms with Crippen LogP contribution in [-0.4, -0.2) is 11.1 Å². The monoisotopic (exact) mass is 277 g/mol. The minimum Gasteiger partial charge on any atom is -0.480 e. The molecule has 3 nitrogen and oxygen atoms in total. The molecule has 0 heterocycles. The van der Waals surface area contributed by atoms with Crippen LogP contribution in [0, 0.1) is 11.6 Å². The first-order valence-electron chi connectivity index (χ1n) is 6.02. The van der Waals surface area contributed by atoms with E-state index in [1.54, 1.807) is 30.3 Å². The summed E-state index contributed by atoms with van der Waals surface area (Å²) in [6.07, 6.45) is 0. The Morgan fingerprint density at radius 1 is 1.10 bits per heavy atom. The molecule has 1 atom stereocenters. The second-order valence-electron chi connectivity index (χ2n) is 4.34. The molecule has 2 N–H and O–H groups in total. The topological polar surface area (TPSA) is 49.3 Å². The van der Waals surface area contributed by atoms with Crippen LogP contribution in [-0.2, 0) is 11.3 Å². The maximum atomic E-state index is 13.0. The van der Waals surface area contributed by atoms with Gasteiger partial charge < -0.3 is 5.11 Å². The molecule has 2 aromatic carbocycles. The van der Waals surface area contributed by atoms with Gasteiger partial charge >= 0.3 is 5.97 Å². The average molecular weight is 277 g/mol. The molecule has 2 rings (SSSR count). The summed E-state index contributed by atoms with van der Waals surface area (Å²) in [5.74, 6) is -2.42. The zero-order valence-corrected chi connectivity index (χ0v) is 10.5. The number of nitrogens with one attached hydrogen (secondary N) is 1. The fourth-order valence-corrected chi connectivity index (χ4v) is 1.93. The van der Waals surface area contributed by atoms with Gasteiger partial charge in [-0.2, -0.15) is 0 Å². The first kappa shape index (κ1) is 14.1. The van der Waals surface area contributed by atoms with Gasteiger partial charge in [-0.05, 0) is 23.3 Å². The highest BCUT2D eigenvalue weighted by atomic mass is 19.1. The van der Waals surface area contributed by atoms with E-state index in [0.29, 0.717) is 11.1 Å². The smallest absolute Gasteiger partial charge is 0.325 e. The maximum Gasteiger partial charge on any atom is 0.325 e. The molecule has 2 aromatic rings. The van der Waals surface area contributed by atoms with Crippen molar-refractivity contribution >= 4 is 5.97 Å². The van der Waals surface area contributed by atoms with E-state index in [2.05, 4.69) is 5.32 Å². The Bertz CT molecular complexity index is 582. The van der Waals surface area contributed by atoms with Gasteiger partial charge in [0, 0.05) is 12.6 Å². The SMILES string of the molecule is O=C(O)C(NCc1cc(F)cc(F)c1)c1ccccc1. The molecule has 0 spiro atoms. The predicted octanol–water partition coefficient (Wildman–Crippen LogP) is 2.88. The van der Waals surface area contributed by atoms with E-state index in [4.69, 9.17) is 0 Å². The van der Waals surface area contributed by atoms with Crippen molar-refractivity contribution in [1.82, 2.24) is 5.32 Å². The highest BCUT2D eigenvalue weighted by molar-refractivity contribution is 5.75. The lowest BCUT2D eigenvalue weighted by atomic mass is 10.1. The van der Waals surface area contributed by atoms with Gasteiger partial charge in [0.1, 0.15) is 17.7 Å². The zero-order chi connectivity index (χ0) is 14.5. The molecule has 20 heavy (non-hydrogen) atoms. The van der Waals surface area contributed by atoms with Crippen LogP contribution < -0.4 is 5.32 Å². The van der Waals surface area contributed by atoms with Crippen molar-refractivity contribution in [2.45, 2.75) is 12.6 Å². The number of rotatable bonds is 5. The van der Waals surface area contributed by atoms with E-state index in [1.807, 2.05) is 0 Å². The van der Waals surface area contributed by atoms with Crippen molar-refractivity contribution in [3.8, 4) is 0 Å². The molecular formula is C15H13F2NO2. The van der Waals surface area contributed by atoms with Crippen LogP contribution in [0.3, 0.4) is 0 Å². The van der Waals surface area contributed by atoms with E-state index in [1.165, 1.54) is 12.1 Å². The quantitative estimate of drug-likeness (QED) is 0.883. The van der Waals surface area contributed by atoms with Crippen molar-refractivity contribution in [1.29, 1.82) is 0 Å². The highest BCUT2D eigenvalue weighted by Gasteiger charge is 2.18. The fraction of sp³-hybridized carbons (Fsp3) is 0.133. The third-order valence-electron chi connectivity index (χ3n) is 2.81. The molecule has 0 radical (unpaired) electrons. The molecule has 5 heteroatoms. The number of benzene rings is 2. The summed E-state index contributed by atoms with van der Waals surface area (Å²) < 4.78 is 26.1. The molecular weight excluding hydrogens is 264 g/mol. The van der Waals surface area contributed by atoms with Crippen LogP contribution in [0.4, 0.5) is 8.78 Å². The summed E-state index contributed by atoms with van der Waals surface area (Å²) >= 11 is 0. The van der Waals surface area contributed by atoms with Crippen molar-refractivity contribution in [2.75, 3.05) is 0 Å². The molecule has 0 fully saturated rings. The largest absolute Gasteiger partial charge is 0.480 e. The van der Waals surface area contributed by atoms with Gasteiger partial charge in [-0.3, -0.25) is 10.1 Å². The minimum absolute atomic E-state index is 0.0561. The lowest BCUT2D eigenvalue weighted by Crippen LogP contribution is -2.28. The third kappa shape index (κ3) is 3.61. The number of carboxylic acids is 1. The van der Waals surface area contributed by atoms with Crippen molar-refractivity contribution in [3.63, 3.8) is 0 Å². The van der Waals surface area contributed by atoms with Gasteiger partial charge in [-0.15, -0.1) is 0 Å². The number of aliphatic carboxylic acids is 1. The Morgan fingerprint density at radius 3 is 2.25 bits per heavy atom. The standard InChI is InChI=1S/C15H13F2NO2/c16-12-6-10(7-13(17)8-12)9-18-14(15(19)20)11-4-2-1-3-5-11/h1-8,14,18H,9H2,(H,19,20). The van der Waals surface area contributed by atoms with Crippen LogP contribution in [0.1, 0.15) is 17.2 Å². The highest BCUT2D eigenvalue weighted by Crippen LogP contribution is 2.14. The Hall–Kier alpha value is -2.27. The summed E-state index contributed by atoms with van der Waals surface area (Å²) in [5, 5.41) is 12.0. The number of hydrogen-bond donors (Lipinski definition) is 2. The second kappa shape index (κ2) is 6.25. The Balaban J connectivity index is 2.12. The number of halogens is 2. The molecule has 0 aliphatic rings. The van der Waals surface area contributed by atoms with Crippen LogP contribution in [0.25, 0.3) is 0 Å². The summed E-state index contributed by atoms with van der Waals surface area (Å²) in [4.78, 5) is 11.2. The van der Waals surface area contributed by atoms with Crippen molar-refractivity contribution in [2.24, 2.45) is 0 Å². The summed E-state index contributed by atoms with van der Waals surface area (Å²) in [7, 11) is 0. The van der Waals surface area contributed by atoms with Gasteiger partial charge in [0.25, 0.3) is 0 Å².